The molecule has 0 atom stereocenters. The third kappa shape index (κ3) is 6.04. The molecule has 0 saturated heterocycles. The number of benzene rings is 1. The highest BCUT2D eigenvalue weighted by atomic mass is 79.9. The molecule has 1 aromatic rings. The molecular weight excluding hydrogens is 482 g/mol. The van der Waals surface area contributed by atoms with Gasteiger partial charge < -0.3 is 28.6 Å². The Morgan fingerprint density at radius 3 is 1.97 bits per heavy atom. The van der Waals surface area contributed by atoms with E-state index in [1.54, 1.807) is 57.5 Å². The summed E-state index contributed by atoms with van der Waals surface area (Å²) in [5.41, 5.74) is 1.19. The van der Waals surface area contributed by atoms with Crippen LogP contribution in [0, 0.1) is 0 Å². The van der Waals surface area contributed by atoms with Crippen molar-refractivity contribution in [2.24, 2.45) is 0 Å². The number of nitrogens with zero attached hydrogens (tertiary/aromatic N) is 1. The van der Waals surface area contributed by atoms with E-state index in [0.717, 1.165) is 0 Å². The average molecular weight is 512 g/mol. The lowest BCUT2D eigenvalue weighted by molar-refractivity contribution is -0.139. The first-order valence-corrected chi connectivity index (χ1v) is 11.1. The van der Waals surface area contributed by atoms with E-state index >= 15 is 0 Å². The summed E-state index contributed by atoms with van der Waals surface area (Å²) >= 11 is 3.45. The molecule has 0 unspecified atom stereocenters. The van der Waals surface area contributed by atoms with Crippen LogP contribution < -0.4 is 9.47 Å². The first-order chi connectivity index (χ1) is 15.4. The van der Waals surface area contributed by atoms with Gasteiger partial charge in [-0.05, 0) is 48.3 Å². The van der Waals surface area contributed by atoms with Gasteiger partial charge in [-0.25, -0.2) is 9.59 Å². The van der Waals surface area contributed by atoms with Gasteiger partial charge in [0, 0.05) is 38.2 Å². The highest BCUT2D eigenvalue weighted by Crippen LogP contribution is 2.44. The van der Waals surface area contributed by atoms with E-state index in [-0.39, 0.29) is 13.2 Å². The number of halogens is 1. The van der Waals surface area contributed by atoms with Gasteiger partial charge in [0.05, 0.1) is 49.0 Å². The van der Waals surface area contributed by atoms with Crippen molar-refractivity contribution >= 4 is 27.9 Å². The molecule has 1 aliphatic rings. The van der Waals surface area contributed by atoms with Crippen molar-refractivity contribution < 1.29 is 33.3 Å². The highest BCUT2D eigenvalue weighted by Gasteiger charge is 2.37. The predicted molar refractivity (Wildman–Crippen MR) is 123 cm³/mol. The summed E-state index contributed by atoms with van der Waals surface area (Å²) in [6.07, 6.45) is 4.11. The van der Waals surface area contributed by atoms with Crippen LogP contribution in [0.25, 0.3) is 0 Å². The van der Waals surface area contributed by atoms with Gasteiger partial charge in [-0.1, -0.05) is 0 Å². The second kappa shape index (κ2) is 12.5. The highest BCUT2D eigenvalue weighted by molar-refractivity contribution is 9.10. The molecule has 0 aliphatic carbocycles. The van der Waals surface area contributed by atoms with Crippen molar-refractivity contribution in [1.82, 2.24) is 4.90 Å². The van der Waals surface area contributed by atoms with Crippen LogP contribution in [-0.2, 0) is 23.8 Å². The van der Waals surface area contributed by atoms with E-state index in [9.17, 15) is 9.59 Å². The van der Waals surface area contributed by atoms with Crippen molar-refractivity contribution in [2.45, 2.75) is 26.2 Å². The van der Waals surface area contributed by atoms with Gasteiger partial charge in [0.1, 0.15) is 11.5 Å². The Morgan fingerprint density at radius 1 is 0.938 bits per heavy atom. The monoisotopic (exact) mass is 511 g/mol. The number of carbonyl (C=O) groups excluding carboxylic acids is 2. The summed E-state index contributed by atoms with van der Waals surface area (Å²) in [6, 6.07) is 3.49. The maximum absolute atomic E-state index is 13.0. The smallest absolute Gasteiger partial charge is 0.336 e. The van der Waals surface area contributed by atoms with Gasteiger partial charge in [-0.15, -0.1) is 0 Å². The Morgan fingerprint density at radius 2 is 1.50 bits per heavy atom. The molecule has 0 radical (unpaired) electrons. The second-order valence-corrected chi connectivity index (χ2v) is 7.71. The minimum Gasteiger partial charge on any atom is -0.496 e. The zero-order valence-corrected chi connectivity index (χ0v) is 20.7. The molecule has 0 N–H and O–H groups in total. The normalized spacial score (nSPS) is 13.9. The summed E-state index contributed by atoms with van der Waals surface area (Å²) in [6.45, 7) is 4.96. The summed E-state index contributed by atoms with van der Waals surface area (Å²) in [7, 11) is 4.69. The fraction of sp³-hybridized carbons (Fsp3) is 0.478. The van der Waals surface area contributed by atoms with Crippen molar-refractivity contribution in [3.05, 3.63) is 45.7 Å². The van der Waals surface area contributed by atoms with Crippen LogP contribution in [-0.4, -0.2) is 64.5 Å². The lowest BCUT2D eigenvalue weighted by Crippen LogP contribution is -2.30. The van der Waals surface area contributed by atoms with Crippen molar-refractivity contribution in [2.75, 3.05) is 47.7 Å². The van der Waals surface area contributed by atoms with Crippen LogP contribution in [0.5, 0.6) is 11.5 Å². The summed E-state index contributed by atoms with van der Waals surface area (Å²) < 4.78 is 27.5. The molecule has 1 aliphatic heterocycles. The first-order valence-electron chi connectivity index (χ1n) is 10.3. The first kappa shape index (κ1) is 25.7. The summed E-state index contributed by atoms with van der Waals surface area (Å²) in [5, 5.41) is 0. The van der Waals surface area contributed by atoms with Crippen LogP contribution in [0.1, 0.15) is 31.7 Å². The van der Waals surface area contributed by atoms with Crippen molar-refractivity contribution in [3.63, 3.8) is 0 Å². The van der Waals surface area contributed by atoms with Gasteiger partial charge in [0.2, 0.25) is 0 Å². The number of hydrogen-bond acceptors (Lipinski definition) is 8. The molecule has 0 spiro atoms. The van der Waals surface area contributed by atoms with E-state index in [1.807, 2.05) is 0 Å². The zero-order chi connectivity index (χ0) is 23.7. The Balaban J connectivity index is 2.68. The van der Waals surface area contributed by atoms with Crippen LogP contribution >= 0.6 is 15.9 Å². The minimum atomic E-state index is -0.760. The van der Waals surface area contributed by atoms with E-state index < -0.39 is 17.9 Å². The predicted octanol–water partition coefficient (Wildman–Crippen LogP) is 3.80. The average Bonchev–Trinajstić information content (AvgIpc) is 2.79. The van der Waals surface area contributed by atoms with Gasteiger partial charge in [0.15, 0.2) is 0 Å². The van der Waals surface area contributed by atoms with E-state index in [1.165, 1.54) is 7.11 Å². The fourth-order valence-corrected chi connectivity index (χ4v) is 3.93. The molecule has 176 valence electrons. The maximum Gasteiger partial charge on any atom is 0.336 e. The number of rotatable bonds is 11. The molecule has 0 fully saturated rings. The molecule has 2 rings (SSSR count). The van der Waals surface area contributed by atoms with Gasteiger partial charge >= 0.3 is 11.9 Å². The van der Waals surface area contributed by atoms with Gasteiger partial charge in [-0.2, -0.15) is 0 Å². The van der Waals surface area contributed by atoms with Crippen molar-refractivity contribution in [3.8, 4) is 11.5 Å². The molecule has 9 heteroatoms. The molecule has 1 heterocycles. The largest absolute Gasteiger partial charge is 0.496 e. The van der Waals surface area contributed by atoms with E-state index in [0.29, 0.717) is 52.3 Å². The summed E-state index contributed by atoms with van der Waals surface area (Å²) in [4.78, 5) is 27.8. The molecule has 0 bridgehead atoms. The van der Waals surface area contributed by atoms with Gasteiger partial charge in [-0.3, -0.25) is 0 Å². The molecular formula is C23H30BrNO7. The number of carbonyl (C=O) groups is 2. The van der Waals surface area contributed by atoms with Crippen LogP contribution in [0.2, 0.25) is 0 Å². The third-order valence-corrected chi connectivity index (χ3v) is 5.45. The van der Waals surface area contributed by atoms with E-state index in [4.69, 9.17) is 23.7 Å². The van der Waals surface area contributed by atoms with Crippen LogP contribution in [0.3, 0.4) is 0 Å². The maximum atomic E-state index is 13.0. The van der Waals surface area contributed by atoms with Crippen LogP contribution in [0.4, 0.5) is 0 Å². The molecule has 0 aromatic heterocycles. The Labute approximate surface area is 197 Å². The lowest BCUT2D eigenvalue weighted by Gasteiger charge is -2.31. The quantitative estimate of drug-likeness (QED) is 0.327. The topological polar surface area (TPSA) is 83.5 Å². The Hall–Kier alpha value is -2.52. The Bertz CT molecular complexity index is 845. The molecule has 0 saturated carbocycles. The number of esters is 2. The number of hydrogen-bond donors (Lipinski definition) is 0. The zero-order valence-electron chi connectivity index (χ0n) is 19.1. The SMILES string of the molecule is CCOC(=O)C1=CN(CCCOC)C=C(C(=O)OCC)C1c1cc(OC)c(Br)cc1OC. The lowest BCUT2D eigenvalue weighted by atomic mass is 9.82. The third-order valence-electron chi connectivity index (χ3n) is 4.83. The van der Waals surface area contributed by atoms with Crippen LogP contribution in [0.15, 0.2) is 40.2 Å². The molecule has 32 heavy (non-hydrogen) atoms. The summed E-state index contributed by atoms with van der Waals surface area (Å²) in [5.74, 6) is -0.777. The molecule has 1 aromatic carbocycles. The second-order valence-electron chi connectivity index (χ2n) is 6.86. The fourth-order valence-electron chi connectivity index (χ4n) is 3.45. The Kier molecular flexibility index (Phi) is 10.1. The van der Waals surface area contributed by atoms with Gasteiger partial charge in [0.25, 0.3) is 0 Å². The number of methoxy groups -OCH3 is 3. The van der Waals surface area contributed by atoms with E-state index in [2.05, 4.69) is 15.9 Å². The number of ether oxygens (including phenoxy) is 5. The molecule has 8 nitrogen and oxygen atoms in total. The van der Waals surface area contributed by atoms with Crippen molar-refractivity contribution in [1.29, 1.82) is 0 Å². The minimum absolute atomic E-state index is 0.200. The molecule has 0 amide bonds. The standard InChI is InChI=1S/C23H30BrNO7/c1-6-31-22(26)16-13-25(9-8-10-28-3)14-17(23(27)32-7-2)21(16)15-11-20(30-5)18(24)12-19(15)29-4/h11-14,21H,6-10H2,1-5H3.